The molecule has 180 valence electrons. The largest absolute Gasteiger partial charge is 0.481 e. The Morgan fingerprint density at radius 3 is 2.48 bits per heavy atom. The van der Waals surface area contributed by atoms with Crippen molar-refractivity contribution in [2.75, 3.05) is 25.6 Å². The molecule has 0 saturated carbocycles. The number of urea groups is 1. The van der Waals surface area contributed by atoms with Crippen molar-refractivity contribution in [3.8, 4) is 5.88 Å². The summed E-state index contributed by atoms with van der Waals surface area (Å²) >= 11 is 1.37. The van der Waals surface area contributed by atoms with Crippen LogP contribution < -0.4 is 14.8 Å². The molecule has 2 N–H and O–H groups in total. The molecule has 0 saturated heterocycles. The van der Waals surface area contributed by atoms with Crippen LogP contribution in [0.15, 0.2) is 35.2 Å². The fraction of sp³-hybridized carbons (Fsp3) is 0.353. The quantitative estimate of drug-likeness (QED) is 0.239. The molecule has 0 fully saturated rings. The number of benzene rings is 1. The molecular formula is C17H22N5O8PS2. The molecule has 2 amide bonds. The predicted octanol–water partition coefficient (Wildman–Crippen LogP) is 3.44. The van der Waals surface area contributed by atoms with Crippen molar-refractivity contribution in [1.29, 1.82) is 0 Å². The van der Waals surface area contributed by atoms with E-state index in [-0.39, 0.29) is 11.8 Å². The number of sulfonamides is 1. The molecule has 2 rings (SSSR count). The zero-order valence-corrected chi connectivity index (χ0v) is 20.4. The van der Waals surface area contributed by atoms with E-state index in [2.05, 4.69) is 15.3 Å². The maximum atomic E-state index is 12.5. The van der Waals surface area contributed by atoms with Gasteiger partial charge in [0.2, 0.25) is 19.4 Å². The molecule has 0 atom stereocenters. The number of nitro benzene ring substituents is 1. The Morgan fingerprint density at radius 2 is 1.88 bits per heavy atom. The van der Waals surface area contributed by atoms with Gasteiger partial charge in [-0.2, -0.15) is 4.98 Å². The number of ether oxygens (including phenoxy) is 1. The van der Waals surface area contributed by atoms with Crippen LogP contribution in [0.4, 0.5) is 16.4 Å². The number of aromatic nitrogens is 2. The van der Waals surface area contributed by atoms with Gasteiger partial charge in [0.15, 0.2) is 4.90 Å². The van der Waals surface area contributed by atoms with E-state index in [0.29, 0.717) is 24.7 Å². The minimum Gasteiger partial charge on any atom is -0.481 e. The molecule has 16 heteroatoms. The summed E-state index contributed by atoms with van der Waals surface area (Å²) in [6.07, 6.45) is 0. The Morgan fingerprint density at radius 1 is 1.21 bits per heavy atom. The highest BCUT2D eigenvalue weighted by atomic mass is 32.7. The fourth-order valence-electron chi connectivity index (χ4n) is 2.29. The molecule has 1 heterocycles. The van der Waals surface area contributed by atoms with Crippen LogP contribution in [-0.2, 0) is 24.8 Å². The minimum atomic E-state index is -4.54. The summed E-state index contributed by atoms with van der Waals surface area (Å²) in [5, 5.41) is 13.3. The lowest BCUT2D eigenvalue weighted by Gasteiger charge is -2.14. The number of amides is 2. The van der Waals surface area contributed by atoms with E-state index < -0.39 is 39.1 Å². The van der Waals surface area contributed by atoms with Gasteiger partial charge in [0.1, 0.15) is 0 Å². The number of hydrogen-bond acceptors (Lipinski definition) is 11. The summed E-state index contributed by atoms with van der Waals surface area (Å²) in [6.45, 7) is 4.66. The number of methoxy groups -OCH3 is 1. The maximum absolute atomic E-state index is 12.5. The first-order valence-corrected chi connectivity index (χ1v) is 13.6. The second kappa shape index (κ2) is 12.6. The van der Waals surface area contributed by atoms with Crippen LogP contribution in [0.5, 0.6) is 5.88 Å². The summed E-state index contributed by atoms with van der Waals surface area (Å²) in [6, 6.07) is 4.98. The molecule has 2 aromatic rings. The van der Waals surface area contributed by atoms with Gasteiger partial charge in [-0.3, -0.25) is 15.4 Å². The Kier molecular flexibility index (Phi) is 10.2. The van der Waals surface area contributed by atoms with Gasteiger partial charge >= 0.3 is 6.03 Å². The van der Waals surface area contributed by atoms with E-state index >= 15 is 0 Å². The van der Waals surface area contributed by atoms with Crippen molar-refractivity contribution in [1.82, 2.24) is 14.7 Å². The summed E-state index contributed by atoms with van der Waals surface area (Å²) in [4.78, 5) is 30.0. The highest BCUT2D eigenvalue weighted by Gasteiger charge is 2.27. The number of hydrogen-bond donors (Lipinski definition) is 2. The Balaban J connectivity index is 2.15. The number of nitrogens with zero attached hydrogens (tertiary/aromatic N) is 3. The molecule has 0 unspecified atom stereocenters. The standard InChI is InChI=1S/C17H22N5O8PS2/c1-4-29-31(30-5-2)32-11-12-10-15(28-3)19-16(18-12)20-17(23)21-33(26,27)14-9-7-6-8-13(14)22(24)25/h6-10H,4-5,11H2,1-3H3,(H2,18,19,20,21,23). The van der Waals surface area contributed by atoms with E-state index in [9.17, 15) is 23.3 Å². The normalized spacial score (nSPS) is 11.3. The number of para-hydroxylation sites is 1. The zero-order valence-electron chi connectivity index (χ0n) is 17.9. The number of carbonyl (C=O) groups is 1. The second-order valence-electron chi connectivity index (χ2n) is 5.84. The third-order valence-corrected chi connectivity index (χ3v) is 8.16. The average Bonchev–Trinajstić information content (AvgIpc) is 2.77. The van der Waals surface area contributed by atoms with Crippen LogP contribution in [-0.4, -0.2) is 49.7 Å². The SMILES string of the molecule is CCOP(OCC)SCc1cc(OC)nc(NC(=O)NS(=O)(=O)c2ccccc2[N+](=O)[O-])n1. The van der Waals surface area contributed by atoms with E-state index in [1.54, 1.807) is 10.8 Å². The van der Waals surface area contributed by atoms with Crippen molar-refractivity contribution in [3.63, 3.8) is 0 Å². The molecule has 1 aromatic carbocycles. The summed E-state index contributed by atoms with van der Waals surface area (Å²) in [7, 11) is -4.37. The molecule has 0 radical (unpaired) electrons. The number of anilines is 1. The van der Waals surface area contributed by atoms with Gasteiger partial charge in [-0.1, -0.05) is 23.5 Å². The number of rotatable bonds is 12. The van der Waals surface area contributed by atoms with E-state index in [1.165, 1.54) is 30.6 Å². The highest BCUT2D eigenvalue weighted by molar-refractivity contribution is 8.52. The van der Waals surface area contributed by atoms with Gasteiger partial charge in [-0.15, -0.1) is 0 Å². The summed E-state index contributed by atoms with van der Waals surface area (Å²) in [5.74, 6) is 0.252. The summed E-state index contributed by atoms with van der Waals surface area (Å²) < 4.78 is 42.8. The third-order valence-electron chi connectivity index (χ3n) is 3.56. The Bertz CT molecular complexity index is 1080. The van der Waals surface area contributed by atoms with Gasteiger partial charge in [0.05, 0.1) is 30.9 Å². The van der Waals surface area contributed by atoms with Gasteiger partial charge in [0.25, 0.3) is 15.7 Å². The van der Waals surface area contributed by atoms with Crippen molar-refractivity contribution in [2.24, 2.45) is 0 Å². The van der Waals surface area contributed by atoms with Crippen molar-refractivity contribution >= 4 is 46.6 Å². The van der Waals surface area contributed by atoms with E-state index in [1.807, 2.05) is 13.8 Å². The molecule has 0 spiro atoms. The van der Waals surface area contributed by atoms with Crippen LogP contribution in [0.1, 0.15) is 19.5 Å². The van der Waals surface area contributed by atoms with Crippen LogP contribution in [0.25, 0.3) is 0 Å². The lowest BCUT2D eigenvalue weighted by Crippen LogP contribution is -2.35. The van der Waals surface area contributed by atoms with Gasteiger partial charge in [-0.25, -0.2) is 22.9 Å². The number of carbonyl (C=O) groups excluding carboxylic acids is 1. The smallest absolute Gasteiger partial charge is 0.335 e. The van der Waals surface area contributed by atoms with E-state index in [4.69, 9.17) is 13.8 Å². The predicted molar refractivity (Wildman–Crippen MR) is 122 cm³/mol. The molecule has 1 aromatic heterocycles. The van der Waals surface area contributed by atoms with Gasteiger partial charge in [-0.05, 0) is 19.9 Å². The monoisotopic (exact) mass is 519 g/mol. The molecule has 0 aliphatic rings. The molecular weight excluding hydrogens is 497 g/mol. The minimum absolute atomic E-state index is 0.134. The summed E-state index contributed by atoms with van der Waals surface area (Å²) in [5.41, 5.74) is -0.203. The molecule has 0 bridgehead atoms. The van der Waals surface area contributed by atoms with Crippen molar-refractivity contribution in [3.05, 3.63) is 46.1 Å². The van der Waals surface area contributed by atoms with Crippen LogP contribution in [0, 0.1) is 10.1 Å². The van der Waals surface area contributed by atoms with Crippen LogP contribution in [0.3, 0.4) is 0 Å². The van der Waals surface area contributed by atoms with Crippen molar-refractivity contribution in [2.45, 2.75) is 24.5 Å². The third kappa shape index (κ3) is 8.05. The second-order valence-corrected chi connectivity index (χ2v) is 10.7. The van der Waals surface area contributed by atoms with E-state index in [0.717, 1.165) is 12.1 Å². The first-order chi connectivity index (χ1) is 15.7. The van der Waals surface area contributed by atoms with Gasteiger partial charge < -0.3 is 13.8 Å². The van der Waals surface area contributed by atoms with Crippen LogP contribution in [0.2, 0.25) is 0 Å². The fourth-order valence-corrected chi connectivity index (χ4v) is 6.19. The molecule has 0 aliphatic heterocycles. The molecule has 13 nitrogen and oxygen atoms in total. The average molecular weight is 519 g/mol. The van der Waals surface area contributed by atoms with Crippen molar-refractivity contribution < 1.29 is 31.9 Å². The number of nitrogens with one attached hydrogen (secondary N) is 2. The lowest BCUT2D eigenvalue weighted by atomic mass is 10.3. The Labute approximate surface area is 195 Å². The lowest BCUT2D eigenvalue weighted by molar-refractivity contribution is -0.387. The first-order valence-electron chi connectivity index (χ1n) is 9.38. The molecule has 33 heavy (non-hydrogen) atoms. The first kappa shape index (κ1) is 26.7. The van der Waals surface area contributed by atoms with Gasteiger partial charge in [0, 0.05) is 17.9 Å². The molecule has 0 aliphatic carbocycles. The number of nitro groups is 1. The van der Waals surface area contributed by atoms with Crippen LogP contribution >= 0.6 is 19.0 Å². The maximum Gasteiger partial charge on any atom is 0.335 e. The topological polar surface area (TPSA) is 172 Å². The Hall–Kier alpha value is -2.58. The zero-order chi connectivity index (χ0) is 24.4. The highest BCUT2D eigenvalue weighted by Crippen LogP contribution is 2.53.